The van der Waals surface area contributed by atoms with Crippen LogP contribution in [-0.2, 0) is 5.60 Å². The lowest BCUT2D eigenvalue weighted by Crippen LogP contribution is -2.16. The molecule has 0 aliphatic heterocycles. The zero-order valence-electron chi connectivity index (χ0n) is 5.63. The van der Waals surface area contributed by atoms with Crippen molar-refractivity contribution in [1.29, 1.82) is 0 Å². The highest BCUT2D eigenvalue weighted by atomic mass is 35.5. The fourth-order valence-corrected chi connectivity index (χ4v) is 1.48. The van der Waals surface area contributed by atoms with Crippen LogP contribution in [0, 0.1) is 0 Å². The monoisotopic (exact) mass is 178 g/mol. The second-order valence-electron chi connectivity index (χ2n) is 2.45. The first kappa shape index (κ1) is 7.91. The number of hydrogen-bond donors (Lipinski definition) is 1. The smallest absolute Gasteiger partial charge is 0.140 e. The molecule has 0 amide bonds. The highest BCUT2D eigenvalue weighted by Gasteiger charge is 2.23. The van der Waals surface area contributed by atoms with E-state index < -0.39 is 5.60 Å². The summed E-state index contributed by atoms with van der Waals surface area (Å²) in [5.74, 6) is 0. The Morgan fingerprint density at radius 1 is 1.60 bits per heavy atom. The first-order valence-corrected chi connectivity index (χ1v) is 3.87. The van der Waals surface area contributed by atoms with Gasteiger partial charge in [0.05, 0.1) is 0 Å². The molecule has 0 atom stereocenters. The molecular formula is C5H7ClN2OS. The summed E-state index contributed by atoms with van der Waals surface area (Å²) in [7, 11) is 0. The minimum absolute atomic E-state index is 0.444. The summed E-state index contributed by atoms with van der Waals surface area (Å²) in [5, 5.41) is 13.1. The fraction of sp³-hybridized carbons (Fsp3) is 0.600. The molecule has 0 aromatic carbocycles. The number of halogens is 1. The molecule has 1 heterocycles. The minimum atomic E-state index is -0.982. The third-order valence-corrected chi connectivity index (χ3v) is 1.93. The summed E-state index contributed by atoms with van der Waals surface area (Å²) >= 11 is 6.73. The van der Waals surface area contributed by atoms with Crippen molar-refractivity contribution in [2.24, 2.45) is 0 Å². The van der Waals surface area contributed by atoms with Crippen molar-refractivity contribution in [3.63, 3.8) is 0 Å². The zero-order valence-corrected chi connectivity index (χ0v) is 7.20. The molecule has 0 aliphatic rings. The average Bonchev–Trinajstić information content (AvgIpc) is 2.11. The van der Waals surface area contributed by atoms with Crippen LogP contribution in [0.3, 0.4) is 0 Å². The van der Waals surface area contributed by atoms with E-state index in [4.69, 9.17) is 11.6 Å². The number of nitrogens with zero attached hydrogens (tertiary/aromatic N) is 2. The topological polar surface area (TPSA) is 46.0 Å². The molecule has 0 spiro atoms. The highest BCUT2D eigenvalue weighted by Crippen LogP contribution is 2.27. The molecule has 1 N–H and O–H groups in total. The normalized spacial score (nSPS) is 12.0. The largest absolute Gasteiger partial charge is 0.384 e. The molecule has 3 nitrogen and oxygen atoms in total. The van der Waals surface area contributed by atoms with Gasteiger partial charge in [-0.3, -0.25) is 0 Å². The van der Waals surface area contributed by atoms with Gasteiger partial charge < -0.3 is 5.11 Å². The summed E-state index contributed by atoms with van der Waals surface area (Å²) in [5.41, 5.74) is -0.538. The summed E-state index contributed by atoms with van der Waals surface area (Å²) in [4.78, 5) is 0. The molecule has 1 aromatic heterocycles. The lowest BCUT2D eigenvalue weighted by Gasteiger charge is -2.12. The highest BCUT2D eigenvalue weighted by molar-refractivity contribution is 7.10. The lowest BCUT2D eigenvalue weighted by molar-refractivity contribution is 0.0739. The van der Waals surface area contributed by atoms with E-state index in [9.17, 15) is 5.11 Å². The number of aliphatic hydroxyl groups is 1. The van der Waals surface area contributed by atoms with Gasteiger partial charge >= 0.3 is 0 Å². The number of rotatable bonds is 1. The molecule has 0 unspecified atom stereocenters. The number of aromatic nitrogens is 2. The van der Waals surface area contributed by atoms with Crippen molar-refractivity contribution in [3.8, 4) is 0 Å². The van der Waals surface area contributed by atoms with Gasteiger partial charge in [-0.2, -0.15) is 0 Å². The molecule has 0 radical (unpaired) electrons. The Bertz CT molecular complexity index is 230. The van der Waals surface area contributed by atoms with Gasteiger partial charge in [-0.25, -0.2) is 0 Å². The standard InChI is InChI=1S/C5H7ClN2OS/c1-5(2,9)3-4(6)10-8-7-3/h9H,1-2H3. The molecule has 1 rings (SSSR count). The Labute approximate surface area is 67.8 Å². The molecule has 0 saturated heterocycles. The number of hydrogen-bond acceptors (Lipinski definition) is 4. The Balaban J connectivity index is 3.05. The average molecular weight is 179 g/mol. The summed E-state index contributed by atoms with van der Waals surface area (Å²) in [6.45, 7) is 3.24. The SMILES string of the molecule is CC(C)(O)c1nnsc1Cl. The van der Waals surface area contributed by atoms with Crippen LogP contribution in [0.1, 0.15) is 19.5 Å². The van der Waals surface area contributed by atoms with Gasteiger partial charge in [-0.1, -0.05) is 16.1 Å². The zero-order chi connectivity index (χ0) is 7.78. The van der Waals surface area contributed by atoms with E-state index in [1.807, 2.05) is 0 Å². The van der Waals surface area contributed by atoms with Gasteiger partial charge in [0, 0.05) is 11.5 Å². The summed E-state index contributed by atoms with van der Waals surface area (Å²) < 4.78 is 4.04. The van der Waals surface area contributed by atoms with Crippen LogP contribution in [0.25, 0.3) is 0 Å². The molecule has 0 fully saturated rings. The maximum Gasteiger partial charge on any atom is 0.140 e. The van der Waals surface area contributed by atoms with E-state index in [-0.39, 0.29) is 0 Å². The van der Waals surface area contributed by atoms with E-state index in [0.29, 0.717) is 10.0 Å². The molecule has 0 saturated carbocycles. The first-order valence-electron chi connectivity index (χ1n) is 2.72. The maximum atomic E-state index is 9.38. The van der Waals surface area contributed by atoms with Gasteiger partial charge in [-0.15, -0.1) is 5.10 Å². The van der Waals surface area contributed by atoms with Gasteiger partial charge in [0.15, 0.2) is 0 Å². The van der Waals surface area contributed by atoms with Crippen molar-refractivity contribution in [2.45, 2.75) is 19.4 Å². The minimum Gasteiger partial charge on any atom is -0.384 e. The van der Waals surface area contributed by atoms with Crippen molar-refractivity contribution in [2.75, 3.05) is 0 Å². The molecule has 10 heavy (non-hydrogen) atoms. The van der Waals surface area contributed by atoms with Crippen LogP contribution >= 0.6 is 23.1 Å². The van der Waals surface area contributed by atoms with Crippen molar-refractivity contribution < 1.29 is 5.11 Å². The van der Waals surface area contributed by atoms with Crippen LogP contribution in [0.2, 0.25) is 4.34 Å². The Morgan fingerprint density at radius 2 is 2.20 bits per heavy atom. The maximum absolute atomic E-state index is 9.38. The summed E-state index contributed by atoms with van der Waals surface area (Å²) in [6.07, 6.45) is 0. The van der Waals surface area contributed by atoms with Crippen molar-refractivity contribution in [1.82, 2.24) is 9.59 Å². The quantitative estimate of drug-likeness (QED) is 0.708. The van der Waals surface area contributed by atoms with Crippen LogP contribution < -0.4 is 0 Å². The van der Waals surface area contributed by atoms with Crippen LogP contribution in [-0.4, -0.2) is 14.7 Å². The Morgan fingerprint density at radius 3 is 2.40 bits per heavy atom. The Kier molecular flexibility index (Phi) is 1.94. The van der Waals surface area contributed by atoms with Gasteiger partial charge in [-0.05, 0) is 13.8 Å². The fourth-order valence-electron chi connectivity index (χ4n) is 0.542. The van der Waals surface area contributed by atoms with Crippen molar-refractivity contribution >= 4 is 23.1 Å². The second kappa shape index (κ2) is 2.45. The first-order chi connectivity index (χ1) is 4.52. The lowest BCUT2D eigenvalue weighted by atomic mass is 10.1. The summed E-state index contributed by atoms with van der Waals surface area (Å²) in [6, 6.07) is 0. The molecule has 1 aromatic rings. The predicted octanol–water partition coefficient (Wildman–Crippen LogP) is 1.42. The van der Waals surface area contributed by atoms with Gasteiger partial charge in [0.25, 0.3) is 0 Å². The molecule has 5 heteroatoms. The van der Waals surface area contributed by atoms with Crippen LogP contribution in [0.15, 0.2) is 0 Å². The van der Waals surface area contributed by atoms with Gasteiger partial charge in [0.2, 0.25) is 0 Å². The van der Waals surface area contributed by atoms with E-state index >= 15 is 0 Å². The van der Waals surface area contributed by atoms with Crippen LogP contribution in [0.4, 0.5) is 0 Å². The third kappa shape index (κ3) is 1.45. The molecular weight excluding hydrogens is 172 g/mol. The van der Waals surface area contributed by atoms with E-state index in [1.165, 1.54) is 0 Å². The molecule has 0 bridgehead atoms. The Hall–Kier alpha value is -0.190. The third-order valence-electron chi connectivity index (χ3n) is 1.03. The van der Waals surface area contributed by atoms with Gasteiger partial charge in [0.1, 0.15) is 15.6 Å². The van der Waals surface area contributed by atoms with Crippen LogP contribution in [0.5, 0.6) is 0 Å². The second-order valence-corrected chi connectivity index (χ2v) is 3.81. The predicted molar refractivity (Wildman–Crippen MR) is 40.2 cm³/mol. The van der Waals surface area contributed by atoms with E-state index in [1.54, 1.807) is 13.8 Å². The van der Waals surface area contributed by atoms with Crippen molar-refractivity contribution in [3.05, 3.63) is 10.0 Å². The van der Waals surface area contributed by atoms with E-state index in [0.717, 1.165) is 11.5 Å². The van der Waals surface area contributed by atoms with E-state index in [2.05, 4.69) is 9.59 Å². The molecule has 56 valence electrons. The molecule has 0 aliphatic carbocycles.